The Kier molecular flexibility index (Phi) is 5.42. The van der Waals surface area contributed by atoms with Crippen LogP contribution in [-0.2, 0) is 9.59 Å². The molecule has 2 aliphatic heterocycles. The molecular formula is C27H24FN3O2. The van der Waals surface area contributed by atoms with Crippen molar-refractivity contribution in [2.75, 3.05) is 28.2 Å². The maximum absolute atomic E-state index is 13.5. The first-order chi connectivity index (χ1) is 16.0. The highest BCUT2D eigenvalue weighted by Crippen LogP contribution is 2.34. The molecule has 2 heterocycles. The van der Waals surface area contributed by atoms with E-state index in [1.165, 1.54) is 42.0 Å². The first kappa shape index (κ1) is 20.9. The van der Waals surface area contributed by atoms with E-state index in [0.717, 1.165) is 24.3 Å². The van der Waals surface area contributed by atoms with Crippen LogP contribution >= 0.6 is 0 Å². The maximum atomic E-state index is 13.5. The molecule has 2 aliphatic rings. The van der Waals surface area contributed by atoms with Crippen molar-refractivity contribution in [1.82, 2.24) is 0 Å². The SMILES string of the molecule is Cc1ccc(N2C(=O)C(Nc3ccc(N4CCCC4)cc3)=C(c3ccc(F)cc3)C2=O)cc1. The second-order valence-electron chi connectivity index (χ2n) is 8.40. The molecule has 1 saturated heterocycles. The number of halogens is 1. The molecule has 166 valence electrons. The molecule has 3 aromatic rings. The smallest absolute Gasteiger partial charge is 0.282 e. The fourth-order valence-electron chi connectivity index (χ4n) is 4.33. The van der Waals surface area contributed by atoms with Gasteiger partial charge in [0, 0.05) is 24.5 Å². The number of nitrogens with zero attached hydrogens (tertiary/aromatic N) is 2. The van der Waals surface area contributed by atoms with Crippen molar-refractivity contribution in [3.63, 3.8) is 0 Å². The topological polar surface area (TPSA) is 52.7 Å². The van der Waals surface area contributed by atoms with Gasteiger partial charge in [-0.05, 0) is 73.9 Å². The summed E-state index contributed by atoms with van der Waals surface area (Å²) in [6, 6.07) is 20.7. The molecule has 0 aromatic heterocycles. The van der Waals surface area contributed by atoms with Crippen LogP contribution in [0, 0.1) is 12.7 Å². The van der Waals surface area contributed by atoms with E-state index in [-0.39, 0.29) is 11.3 Å². The van der Waals surface area contributed by atoms with Gasteiger partial charge < -0.3 is 10.2 Å². The van der Waals surface area contributed by atoms with E-state index in [9.17, 15) is 14.0 Å². The highest BCUT2D eigenvalue weighted by Gasteiger charge is 2.40. The van der Waals surface area contributed by atoms with Crippen LogP contribution in [0.1, 0.15) is 24.0 Å². The normalized spacial score (nSPS) is 16.2. The fraction of sp³-hybridized carbons (Fsp3) is 0.185. The molecule has 0 saturated carbocycles. The van der Waals surface area contributed by atoms with Crippen LogP contribution in [0.15, 0.2) is 78.5 Å². The summed E-state index contributed by atoms with van der Waals surface area (Å²) >= 11 is 0. The predicted octanol–water partition coefficient (Wildman–Crippen LogP) is 5.13. The summed E-state index contributed by atoms with van der Waals surface area (Å²) in [5, 5.41) is 3.17. The Labute approximate surface area is 192 Å². The Morgan fingerprint density at radius 2 is 1.36 bits per heavy atom. The van der Waals surface area contributed by atoms with E-state index in [0.29, 0.717) is 16.9 Å². The maximum Gasteiger partial charge on any atom is 0.282 e. The van der Waals surface area contributed by atoms with Crippen molar-refractivity contribution in [3.8, 4) is 0 Å². The molecule has 3 aromatic carbocycles. The van der Waals surface area contributed by atoms with Crippen LogP contribution < -0.4 is 15.1 Å². The third kappa shape index (κ3) is 4.00. The molecule has 5 nitrogen and oxygen atoms in total. The molecule has 2 amide bonds. The van der Waals surface area contributed by atoms with Crippen LogP contribution in [0.25, 0.3) is 5.57 Å². The minimum absolute atomic E-state index is 0.182. The first-order valence-electron chi connectivity index (χ1n) is 11.1. The van der Waals surface area contributed by atoms with E-state index in [4.69, 9.17) is 0 Å². The van der Waals surface area contributed by atoms with Crippen LogP contribution in [0.3, 0.4) is 0 Å². The zero-order valence-electron chi connectivity index (χ0n) is 18.3. The Morgan fingerprint density at radius 3 is 2.00 bits per heavy atom. The molecule has 0 radical (unpaired) electrons. The Hall–Kier alpha value is -3.93. The summed E-state index contributed by atoms with van der Waals surface area (Å²) in [5.41, 5.74) is 4.27. The number of hydrogen-bond donors (Lipinski definition) is 1. The summed E-state index contributed by atoms with van der Waals surface area (Å²) < 4.78 is 13.5. The van der Waals surface area contributed by atoms with Crippen LogP contribution in [0.5, 0.6) is 0 Å². The fourth-order valence-corrected chi connectivity index (χ4v) is 4.33. The van der Waals surface area contributed by atoms with Gasteiger partial charge in [-0.2, -0.15) is 0 Å². The minimum atomic E-state index is -0.438. The zero-order chi connectivity index (χ0) is 22.9. The van der Waals surface area contributed by atoms with E-state index < -0.39 is 17.6 Å². The molecule has 0 unspecified atom stereocenters. The van der Waals surface area contributed by atoms with E-state index >= 15 is 0 Å². The monoisotopic (exact) mass is 441 g/mol. The molecule has 0 spiro atoms. The van der Waals surface area contributed by atoms with Crippen LogP contribution in [0.4, 0.5) is 21.5 Å². The molecule has 0 atom stereocenters. The zero-order valence-corrected chi connectivity index (χ0v) is 18.3. The standard InChI is InChI=1S/C27H24FN3O2/c1-18-4-12-23(13-5-18)31-26(32)24(19-6-8-20(28)9-7-19)25(27(31)33)29-21-10-14-22(15-11-21)30-16-2-3-17-30/h4-15,29H,2-3,16-17H2,1H3. The summed E-state index contributed by atoms with van der Waals surface area (Å²) in [6.45, 7) is 4.04. The second-order valence-corrected chi connectivity index (χ2v) is 8.40. The third-order valence-electron chi connectivity index (χ3n) is 6.12. The lowest BCUT2D eigenvalue weighted by Crippen LogP contribution is -2.32. The predicted molar refractivity (Wildman–Crippen MR) is 129 cm³/mol. The highest BCUT2D eigenvalue weighted by molar-refractivity contribution is 6.46. The van der Waals surface area contributed by atoms with E-state index in [1.54, 1.807) is 12.1 Å². The van der Waals surface area contributed by atoms with Gasteiger partial charge in [0.05, 0.1) is 11.3 Å². The summed E-state index contributed by atoms with van der Waals surface area (Å²) in [4.78, 5) is 30.4. The van der Waals surface area contributed by atoms with Gasteiger partial charge in [-0.15, -0.1) is 0 Å². The van der Waals surface area contributed by atoms with Crippen LogP contribution in [-0.4, -0.2) is 24.9 Å². The number of benzene rings is 3. The van der Waals surface area contributed by atoms with Crippen molar-refractivity contribution < 1.29 is 14.0 Å². The lowest BCUT2D eigenvalue weighted by molar-refractivity contribution is -0.120. The van der Waals surface area contributed by atoms with Gasteiger partial charge in [0.1, 0.15) is 11.5 Å². The van der Waals surface area contributed by atoms with Gasteiger partial charge in [0.2, 0.25) is 0 Å². The summed E-state index contributed by atoms with van der Waals surface area (Å²) in [6.07, 6.45) is 2.39. The number of imide groups is 1. The number of carbonyl (C=O) groups is 2. The molecule has 1 fully saturated rings. The van der Waals surface area contributed by atoms with E-state index in [2.05, 4.69) is 10.2 Å². The number of anilines is 3. The average Bonchev–Trinajstić information content (AvgIpc) is 3.44. The van der Waals surface area contributed by atoms with Gasteiger partial charge >= 0.3 is 0 Å². The number of rotatable bonds is 5. The molecule has 1 N–H and O–H groups in total. The largest absolute Gasteiger partial charge is 0.372 e. The van der Waals surface area contributed by atoms with Gasteiger partial charge in [0.15, 0.2) is 0 Å². The number of carbonyl (C=O) groups excluding carboxylic acids is 2. The van der Waals surface area contributed by atoms with Gasteiger partial charge in [-0.3, -0.25) is 9.59 Å². The molecule has 0 aliphatic carbocycles. The average molecular weight is 442 g/mol. The van der Waals surface area contributed by atoms with Crippen molar-refractivity contribution >= 4 is 34.4 Å². The Morgan fingerprint density at radius 1 is 0.758 bits per heavy atom. The molecular weight excluding hydrogens is 417 g/mol. The lowest BCUT2D eigenvalue weighted by Gasteiger charge is -2.18. The number of hydrogen-bond acceptors (Lipinski definition) is 4. The number of aryl methyl sites for hydroxylation is 1. The number of amides is 2. The molecule has 6 heteroatoms. The van der Waals surface area contributed by atoms with Gasteiger partial charge in [-0.25, -0.2) is 9.29 Å². The quantitative estimate of drug-likeness (QED) is 0.558. The van der Waals surface area contributed by atoms with Crippen molar-refractivity contribution in [2.24, 2.45) is 0 Å². The van der Waals surface area contributed by atoms with Crippen LogP contribution in [0.2, 0.25) is 0 Å². The minimum Gasteiger partial charge on any atom is -0.372 e. The number of nitrogens with one attached hydrogen (secondary N) is 1. The molecule has 33 heavy (non-hydrogen) atoms. The first-order valence-corrected chi connectivity index (χ1v) is 11.1. The van der Waals surface area contributed by atoms with E-state index in [1.807, 2.05) is 43.3 Å². The summed E-state index contributed by atoms with van der Waals surface area (Å²) in [5.74, 6) is -1.28. The Balaban J connectivity index is 1.51. The molecule has 5 rings (SSSR count). The van der Waals surface area contributed by atoms with Crippen molar-refractivity contribution in [2.45, 2.75) is 19.8 Å². The lowest BCUT2D eigenvalue weighted by atomic mass is 10.0. The van der Waals surface area contributed by atoms with Crippen molar-refractivity contribution in [1.29, 1.82) is 0 Å². The second kappa shape index (κ2) is 8.54. The van der Waals surface area contributed by atoms with Gasteiger partial charge in [-0.1, -0.05) is 29.8 Å². The van der Waals surface area contributed by atoms with Gasteiger partial charge in [0.25, 0.3) is 11.8 Å². The summed E-state index contributed by atoms with van der Waals surface area (Å²) in [7, 11) is 0. The third-order valence-corrected chi connectivity index (χ3v) is 6.12. The highest BCUT2D eigenvalue weighted by atomic mass is 19.1. The Bertz CT molecular complexity index is 1230. The molecule has 0 bridgehead atoms. The van der Waals surface area contributed by atoms with Crippen molar-refractivity contribution in [3.05, 3.63) is 95.4 Å².